The number of ether oxygens (including phenoxy) is 1. The van der Waals surface area contributed by atoms with Gasteiger partial charge in [-0.1, -0.05) is 44.5 Å². The highest BCUT2D eigenvalue weighted by Crippen LogP contribution is 2.26. The summed E-state index contributed by atoms with van der Waals surface area (Å²) in [5, 5.41) is 5.09. The standard InChI is InChI=1S/C17H23ClN2O/c1-6-20-15(16(18)12(2)19-20)11-21-14-9-7-13(8-10-14)17(3,4)5/h7-10H,6,11H2,1-5H3. The Kier molecular flexibility index (Phi) is 4.62. The van der Waals surface area contributed by atoms with E-state index in [0.29, 0.717) is 11.6 Å². The number of nitrogens with zero attached hydrogens (tertiary/aromatic N) is 2. The lowest BCUT2D eigenvalue weighted by molar-refractivity contribution is 0.292. The van der Waals surface area contributed by atoms with Crippen LogP contribution in [0.1, 0.15) is 44.6 Å². The van der Waals surface area contributed by atoms with Crippen molar-refractivity contribution in [1.82, 2.24) is 9.78 Å². The number of benzene rings is 1. The molecular weight excluding hydrogens is 284 g/mol. The number of halogens is 1. The summed E-state index contributed by atoms with van der Waals surface area (Å²) in [6.07, 6.45) is 0. The van der Waals surface area contributed by atoms with Crippen LogP contribution in [0.2, 0.25) is 5.02 Å². The Morgan fingerprint density at radius 1 is 1.19 bits per heavy atom. The molecule has 114 valence electrons. The molecule has 0 saturated carbocycles. The Morgan fingerprint density at radius 3 is 2.33 bits per heavy atom. The van der Waals surface area contributed by atoms with Crippen molar-refractivity contribution in [3.05, 3.63) is 46.2 Å². The highest BCUT2D eigenvalue weighted by molar-refractivity contribution is 6.31. The molecule has 0 N–H and O–H groups in total. The van der Waals surface area contributed by atoms with Gasteiger partial charge in [0.15, 0.2) is 0 Å². The fourth-order valence-corrected chi connectivity index (χ4v) is 2.40. The second-order valence-corrected chi connectivity index (χ2v) is 6.60. The molecule has 0 radical (unpaired) electrons. The van der Waals surface area contributed by atoms with Gasteiger partial charge in [0.2, 0.25) is 0 Å². The maximum Gasteiger partial charge on any atom is 0.131 e. The maximum atomic E-state index is 6.28. The zero-order valence-corrected chi connectivity index (χ0v) is 14.2. The molecule has 0 atom stereocenters. The largest absolute Gasteiger partial charge is 0.487 e. The molecule has 0 aliphatic rings. The van der Waals surface area contributed by atoms with Gasteiger partial charge in [-0.2, -0.15) is 5.10 Å². The van der Waals surface area contributed by atoms with E-state index in [2.05, 4.69) is 38.0 Å². The van der Waals surface area contributed by atoms with Crippen molar-refractivity contribution in [1.29, 1.82) is 0 Å². The predicted octanol–water partition coefficient (Wildman–Crippen LogP) is 4.74. The summed E-state index contributed by atoms with van der Waals surface area (Å²) >= 11 is 6.28. The second-order valence-electron chi connectivity index (χ2n) is 6.22. The van der Waals surface area contributed by atoms with Crippen molar-refractivity contribution in [3.63, 3.8) is 0 Å². The summed E-state index contributed by atoms with van der Waals surface area (Å²) < 4.78 is 7.74. The number of hydrogen-bond acceptors (Lipinski definition) is 2. The minimum atomic E-state index is 0.153. The summed E-state index contributed by atoms with van der Waals surface area (Å²) in [5.41, 5.74) is 3.22. The van der Waals surface area contributed by atoms with E-state index in [0.717, 1.165) is 23.7 Å². The molecule has 0 bridgehead atoms. The van der Waals surface area contributed by atoms with Gasteiger partial charge in [0.1, 0.15) is 12.4 Å². The molecule has 4 heteroatoms. The summed E-state index contributed by atoms with van der Waals surface area (Å²) in [4.78, 5) is 0. The first-order valence-corrected chi connectivity index (χ1v) is 7.66. The van der Waals surface area contributed by atoms with Crippen molar-refractivity contribution in [2.75, 3.05) is 0 Å². The monoisotopic (exact) mass is 306 g/mol. The van der Waals surface area contributed by atoms with Gasteiger partial charge in [-0.05, 0) is 37.0 Å². The van der Waals surface area contributed by atoms with Crippen molar-refractivity contribution < 1.29 is 4.74 Å². The minimum Gasteiger partial charge on any atom is -0.487 e. The summed E-state index contributed by atoms with van der Waals surface area (Å²) in [7, 11) is 0. The van der Waals surface area contributed by atoms with Crippen LogP contribution in [0.25, 0.3) is 0 Å². The number of hydrogen-bond donors (Lipinski definition) is 0. The van der Waals surface area contributed by atoms with Gasteiger partial charge in [-0.25, -0.2) is 0 Å². The number of rotatable bonds is 4. The first kappa shape index (κ1) is 15.9. The fraction of sp³-hybridized carbons (Fsp3) is 0.471. The third-order valence-electron chi connectivity index (χ3n) is 3.55. The number of aryl methyl sites for hydroxylation is 2. The number of aromatic nitrogens is 2. The van der Waals surface area contributed by atoms with Crippen LogP contribution in [-0.4, -0.2) is 9.78 Å². The van der Waals surface area contributed by atoms with Crippen LogP contribution in [0, 0.1) is 6.92 Å². The minimum absolute atomic E-state index is 0.153. The lowest BCUT2D eigenvalue weighted by atomic mass is 9.87. The van der Waals surface area contributed by atoms with E-state index >= 15 is 0 Å². The Labute approximate surface area is 131 Å². The van der Waals surface area contributed by atoms with E-state index in [4.69, 9.17) is 16.3 Å². The zero-order valence-electron chi connectivity index (χ0n) is 13.4. The average molecular weight is 307 g/mol. The lowest BCUT2D eigenvalue weighted by Gasteiger charge is -2.19. The Balaban J connectivity index is 2.10. The molecule has 0 amide bonds. The first-order valence-electron chi connectivity index (χ1n) is 7.28. The first-order chi connectivity index (χ1) is 9.82. The van der Waals surface area contributed by atoms with Crippen LogP contribution in [0.5, 0.6) is 5.75 Å². The van der Waals surface area contributed by atoms with Gasteiger partial charge >= 0.3 is 0 Å². The SMILES string of the molecule is CCn1nc(C)c(Cl)c1COc1ccc(C(C)(C)C)cc1. The third kappa shape index (κ3) is 3.59. The molecule has 1 aromatic heterocycles. The van der Waals surface area contributed by atoms with Gasteiger partial charge in [0, 0.05) is 6.54 Å². The Bertz CT molecular complexity index is 609. The molecule has 2 aromatic rings. The van der Waals surface area contributed by atoms with Crippen LogP contribution in [0.15, 0.2) is 24.3 Å². The molecule has 0 aliphatic carbocycles. The molecule has 0 saturated heterocycles. The van der Waals surface area contributed by atoms with Gasteiger partial charge < -0.3 is 4.74 Å². The molecule has 1 heterocycles. The summed E-state index contributed by atoms with van der Waals surface area (Å²) in [5.74, 6) is 0.848. The summed E-state index contributed by atoms with van der Waals surface area (Å²) in [6.45, 7) is 11.8. The lowest BCUT2D eigenvalue weighted by Crippen LogP contribution is -2.10. The van der Waals surface area contributed by atoms with E-state index in [1.54, 1.807) is 0 Å². The van der Waals surface area contributed by atoms with Crippen molar-refractivity contribution >= 4 is 11.6 Å². The van der Waals surface area contributed by atoms with Crippen molar-refractivity contribution in [3.8, 4) is 5.75 Å². The highest BCUT2D eigenvalue weighted by Gasteiger charge is 2.15. The smallest absolute Gasteiger partial charge is 0.131 e. The van der Waals surface area contributed by atoms with Crippen LogP contribution in [0.4, 0.5) is 0 Å². The average Bonchev–Trinajstić information content (AvgIpc) is 2.71. The molecule has 3 nitrogen and oxygen atoms in total. The predicted molar refractivity (Wildman–Crippen MR) is 87.1 cm³/mol. The van der Waals surface area contributed by atoms with Crippen molar-refractivity contribution in [2.45, 2.75) is 53.2 Å². The van der Waals surface area contributed by atoms with Gasteiger partial charge in [-0.3, -0.25) is 4.68 Å². The second kappa shape index (κ2) is 6.10. The third-order valence-corrected chi connectivity index (χ3v) is 4.04. The highest BCUT2D eigenvalue weighted by atomic mass is 35.5. The molecule has 0 aliphatic heterocycles. The van der Waals surface area contributed by atoms with E-state index in [1.165, 1.54) is 5.56 Å². The molecule has 2 rings (SSSR count). The molecule has 1 aromatic carbocycles. The zero-order chi connectivity index (χ0) is 15.6. The van der Waals surface area contributed by atoms with E-state index in [9.17, 15) is 0 Å². The van der Waals surface area contributed by atoms with E-state index in [-0.39, 0.29) is 5.41 Å². The van der Waals surface area contributed by atoms with Crippen LogP contribution < -0.4 is 4.74 Å². The molecule has 0 unspecified atom stereocenters. The molecule has 21 heavy (non-hydrogen) atoms. The van der Waals surface area contributed by atoms with Gasteiger partial charge in [-0.15, -0.1) is 0 Å². The Morgan fingerprint density at radius 2 is 1.81 bits per heavy atom. The summed E-state index contributed by atoms with van der Waals surface area (Å²) in [6, 6.07) is 8.24. The van der Waals surface area contributed by atoms with E-state index in [1.807, 2.05) is 30.7 Å². The van der Waals surface area contributed by atoms with Crippen molar-refractivity contribution in [2.24, 2.45) is 0 Å². The maximum absolute atomic E-state index is 6.28. The Hall–Kier alpha value is -1.48. The van der Waals surface area contributed by atoms with Crippen LogP contribution in [0.3, 0.4) is 0 Å². The topological polar surface area (TPSA) is 27.1 Å². The molecule has 0 spiro atoms. The molecular formula is C17H23ClN2O. The fourth-order valence-electron chi connectivity index (χ4n) is 2.21. The molecule has 0 fully saturated rings. The quantitative estimate of drug-likeness (QED) is 0.815. The normalized spacial score (nSPS) is 11.7. The van der Waals surface area contributed by atoms with Crippen LogP contribution in [-0.2, 0) is 18.6 Å². The van der Waals surface area contributed by atoms with E-state index < -0.39 is 0 Å². The van der Waals surface area contributed by atoms with Crippen LogP contribution >= 0.6 is 11.6 Å². The van der Waals surface area contributed by atoms with Gasteiger partial charge in [0.25, 0.3) is 0 Å². The van der Waals surface area contributed by atoms with Gasteiger partial charge in [0.05, 0.1) is 16.4 Å².